The predicted molar refractivity (Wildman–Crippen MR) is 57.5 cm³/mol. The Morgan fingerprint density at radius 2 is 1.73 bits per heavy atom. The Morgan fingerprint density at radius 1 is 1.20 bits per heavy atom. The van der Waals surface area contributed by atoms with Gasteiger partial charge in [0, 0.05) is 9.99 Å². The van der Waals surface area contributed by atoms with Crippen LogP contribution in [0.3, 0.4) is 0 Å². The van der Waals surface area contributed by atoms with Crippen molar-refractivity contribution in [1.82, 2.24) is 0 Å². The zero-order chi connectivity index (χ0) is 11.1. The average molecular weight is 328 g/mol. The highest BCUT2D eigenvalue weighted by molar-refractivity contribution is 14.1. The van der Waals surface area contributed by atoms with E-state index in [1.165, 1.54) is 12.1 Å². The molecule has 1 aromatic carbocycles. The summed E-state index contributed by atoms with van der Waals surface area (Å²) in [7, 11) is 0. The van der Waals surface area contributed by atoms with E-state index in [4.69, 9.17) is 4.74 Å². The van der Waals surface area contributed by atoms with Crippen molar-refractivity contribution in [3.8, 4) is 0 Å². The van der Waals surface area contributed by atoms with Crippen LogP contribution in [0.2, 0.25) is 0 Å². The number of rotatable bonds is 1. The predicted octanol–water partition coefficient (Wildman–Crippen LogP) is 3.47. The van der Waals surface area contributed by atoms with E-state index in [0.29, 0.717) is 0 Å². The van der Waals surface area contributed by atoms with Crippen LogP contribution in [0.15, 0.2) is 24.3 Å². The summed E-state index contributed by atoms with van der Waals surface area (Å²) >= 11 is 2.05. The molecule has 1 heterocycles. The van der Waals surface area contributed by atoms with Crippen LogP contribution in [0.25, 0.3) is 0 Å². The van der Waals surface area contributed by atoms with Crippen molar-refractivity contribution in [2.45, 2.75) is 18.2 Å². The minimum absolute atomic E-state index is 0.0110. The summed E-state index contributed by atoms with van der Waals surface area (Å²) in [6.07, 6.45) is -4.32. The number of halogens is 4. The summed E-state index contributed by atoms with van der Waals surface area (Å²) in [6.45, 7) is 0.172. The molecule has 82 valence electrons. The first-order valence-corrected chi connectivity index (χ1v) is 5.50. The second kappa shape index (κ2) is 3.62. The summed E-state index contributed by atoms with van der Waals surface area (Å²) in [5.41, 5.74) is -1.86. The molecule has 2 rings (SSSR count). The van der Waals surface area contributed by atoms with Crippen molar-refractivity contribution in [3.63, 3.8) is 0 Å². The molecule has 0 spiro atoms. The van der Waals surface area contributed by atoms with Gasteiger partial charge in [0.1, 0.15) is 0 Å². The Balaban J connectivity index is 2.39. The average Bonchev–Trinajstić information content (AvgIpc) is 2.03. The molecule has 15 heavy (non-hydrogen) atoms. The van der Waals surface area contributed by atoms with Gasteiger partial charge in [-0.15, -0.1) is 0 Å². The molecule has 1 fully saturated rings. The fourth-order valence-electron chi connectivity index (χ4n) is 1.64. The van der Waals surface area contributed by atoms with Gasteiger partial charge in [-0.05, 0) is 40.3 Å². The number of ether oxygens (including phenoxy) is 1. The van der Waals surface area contributed by atoms with E-state index in [-0.39, 0.29) is 18.6 Å². The fourth-order valence-corrected chi connectivity index (χ4v) is 2.00. The molecule has 5 heteroatoms. The van der Waals surface area contributed by atoms with E-state index in [2.05, 4.69) is 22.6 Å². The second-order valence-corrected chi connectivity index (χ2v) is 4.68. The molecule has 1 atom stereocenters. The monoisotopic (exact) mass is 328 g/mol. The molecule has 1 aliphatic rings. The molecule has 0 bridgehead atoms. The summed E-state index contributed by atoms with van der Waals surface area (Å²) in [6, 6.07) is 6.28. The van der Waals surface area contributed by atoms with E-state index >= 15 is 0 Å². The first-order valence-electron chi connectivity index (χ1n) is 4.42. The lowest BCUT2D eigenvalue weighted by atomic mass is 9.86. The van der Waals surface area contributed by atoms with Crippen molar-refractivity contribution < 1.29 is 17.9 Å². The zero-order valence-electron chi connectivity index (χ0n) is 7.64. The van der Waals surface area contributed by atoms with Crippen LogP contribution in [0.1, 0.15) is 12.0 Å². The van der Waals surface area contributed by atoms with Crippen LogP contribution in [0, 0.1) is 3.57 Å². The molecular formula is C10H8F3IO. The third kappa shape index (κ3) is 1.75. The summed E-state index contributed by atoms with van der Waals surface area (Å²) in [4.78, 5) is 0. The number of benzene rings is 1. The normalized spacial score (nSPS) is 26.1. The first kappa shape index (κ1) is 11.2. The minimum atomic E-state index is -4.34. The van der Waals surface area contributed by atoms with Gasteiger partial charge in [-0.25, -0.2) is 0 Å². The maximum absolute atomic E-state index is 12.8. The molecule has 0 amide bonds. The van der Waals surface area contributed by atoms with E-state index in [9.17, 15) is 13.2 Å². The van der Waals surface area contributed by atoms with Gasteiger partial charge >= 0.3 is 6.18 Å². The van der Waals surface area contributed by atoms with Crippen LogP contribution in [-0.4, -0.2) is 12.8 Å². The quantitative estimate of drug-likeness (QED) is 0.718. The third-order valence-electron chi connectivity index (χ3n) is 2.57. The van der Waals surface area contributed by atoms with Crippen LogP contribution in [-0.2, 0) is 10.3 Å². The zero-order valence-corrected chi connectivity index (χ0v) is 9.80. The largest absolute Gasteiger partial charge is 0.421 e. The second-order valence-electron chi connectivity index (χ2n) is 3.43. The van der Waals surface area contributed by atoms with Gasteiger partial charge < -0.3 is 4.74 Å². The molecule has 1 aliphatic heterocycles. The maximum Gasteiger partial charge on any atom is 0.421 e. The number of hydrogen-bond donors (Lipinski definition) is 0. The Kier molecular flexibility index (Phi) is 2.70. The topological polar surface area (TPSA) is 9.23 Å². The van der Waals surface area contributed by atoms with Crippen LogP contribution >= 0.6 is 22.6 Å². The van der Waals surface area contributed by atoms with E-state index in [1.54, 1.807) is 12.1 Å². The number of alkyl halides is 3. The van der Waals surface area contributed by atoms with Crippen LogP contribution in [0.5, 0.6) is 0 Å². The van der Waals surface area contributed by atoms with Gasteiger partial charge in [0.15, 0.2) is 5.60 Å². The lowest BCUT2D eigenvalue weighted by molar-refractivity contribution is -0.333. The highest BCUT2D eigenvalue weighted by Crippen LogP contribution is 2.49. The lowest BCUT2D eigenvalue weighted by Gasteiger charge is -2.43. The minimum Gasteiger partial charge on any atom is -0.361 e. The molecule has 0 saturated carbocycles. The SMILES string of the molecule is FC(F)(F)C1(c2ccc(I)cc2)CCO1. The van der Waals surface area contributed by atoms with E-state index < -0.39 is 11.8 Å². The van der Waals surface area contributed by atoms with Gasteiger partial charge in [-0.3, -0.25) is 0 Å². The highest BCUT2D eigenvalue weighted by Gasteiger charge is 2.61. The molecule has 1 unspecified atom stereocenters. The molecule has 1 nitrogen and oxygen atoms in total. The van der Waals surface area contributed by atoms with Gasteiger partial charge in [-0.2, -0.15) is 13.2 Å². The van der Waals surface area contributed by atoms with E-state index in [1.807, 2.05) is 0 Å². The van der Waals surface area contributed by atoms with Crippen molar-refractivity contribution >= 4 is 22.6 Å². The molecule has 0 aromatic heterocycles. The molecule has 0 aliphatic carbocycles. The van der Waals surface area contributed by atoms with E-state index in [0.717, 1.165) is 3.57 Å². The molecule has 1 saturated heterocycles. The van der Waals surface area contributed by atoms with Gasteiger partial charge in [0.2, 0.25) is 0 Å². The molecule has 0 N–H and O–H groups in total. The Labute approximate surface area is 98.8 Å². The van der Waals surface area contributed by atoms with Crippen LogP contribution in [0.4, 0.5) is 13.2 Å². The summed E-state index contributed by atoms with van der Waals surface area (Å²) < 4.78 is 44.1. The summed E-state index contributed by atoms with van der Waals surface area (Å²) in [5, 5.41) is 0. The third-order valence-corrected chi connectivity index (χ3v) is 3.29. The van der Waals surface area contributed by atoms with Crippen molar-refractivity contribution in [2.24, 2.45) is 0 Å². The molecule has 0 radical (unpaired) electrons. The number of hydrogen-bond acceptors (Lipinski definition) is 1. The molecular weight excluding hydrogens is 320 g/mol. The Bertz CT molecular complexity index is 354. The van der Waals surface area contributed by atoms with Gasteiger partial charge in [0.25, 0.3) is 0 Å². The first-order chi connectivity index (χ1) is 6.96. The van der Waals surface area contributed by atoms with Crippen LogP contribution < -0.4 is 0 Å². The maximum atomic E-state index is 12.8. The fraction of sp³-hybridized carbons (Fsp3) is 0.400. The molecule has 1 aromatic rings. The van der Waals surface area contributed by atoms with Crippen molar-refractivity contribution in [1.29, 1.82) is 0 Å². The summed E-state index contributed by atoms with van der Waals surface area (Å²) in [5.74, 6) is 0. The smallest absolute Gasteiger partial charge is 0.361 e. The Morgan fingerprint density at radius 3 is 2.07 bits per heavy atom. The van der Waals surface area contributed by atoms with Crippen molar-refractivity contribution in [3.05, 3.63) is 33.4 Å². The Hall–Kier alpha value is -0.300. The van der Waals surface area contributed by atoms with Crippen molar-refractivity contribution in [2.75, 3.05) is 6.61 Å². The van der Waals surface area contributed by atoms with Gasteiger partial charge in [-0.1, -0.05) is 12.1 Å². The lowest BCUT2D eigenvalue weighted by Crippen LogP contribution is -2.52. The standard InChI is InChI=1S/C10H8F3IO/c11-10(12,13)9(5-6-15-9)7-1-3-8(14)4-2-7/h1-4H,5-6H2. The highest BCUT2D eigenvalue weighted by atomic mass is 127. The van der Waals surface area contributed by atoms with Gasteiger partial charge in [0.05, 0.1) is 6.61 Å².